The summed E-state index contributed by atoms with van der Waals surface area (Å²) in [7, 11) is 0. The Kier molecular flexibility index (Phi) is 4.16. The van der Waals surface area contributed by atoms with E-state index < -0.39 is 0 Å². The summed E-state index contributed by atoms with van der Waals surface area (Å²) in [5.74, 6) is 0.573. The van der Waals surface area contributed by atoms with E-state index in [-0.39, 0.29) is 0 Å². The summed E-state index contributed by atoms with van der Waals surface area (Å²) in [6.07, 6.45) is 5.37. The SMILES string of the molecule is CCN(c1ccnc(C#N)c1)C1CCCC1CN. The van der Waals surface area contributed by atoms with Crippen LogP contribution >= 0.6 is 0 Å². The molecule has 2 atom stereocenters. The predicted molar refractivity (Wildman–Crippen MR) is 72.2 cm³/mol. The van der Waals surface area contributed by atoms with Crippen LogP contribution in [0.3, 0.4) is 0 Å². The third kappa shape index (κ3) is 2.46. The Morgan fingerprint density at radius 1 is 1.56 bits per heavy atom. The van der Waals surface area contributed by atoms with Gasteiger partial charge in [-0.05, 0) is 44.4 Å². The topological polar surface area (TPSA) is 65.9 Å². The van der Waals surface area contributed by atoms with E-state index in [0.717, 1.165) is 18.8 Å². The first-order chi connectivity index (χ1) is 8.80. The molecule has 2 unspecified atom stereocenters. The fraction of sp³-hybridized carbons (Fsp3) is 0.571. The van der Waals surface area contributed by atoms with E-state index in [1.54, 1.807) is 6.20 Å². The molecule has 1 aromatic heterocycles. The van der Waals surface area contributed by atoms with Crippen molar-refractivity contribution in [3.8, 4) is 6.07 Å². The second-order valence-electron chi connectivity index (χ2n) is 4.79. The monoisotopic (exact) mass is 244 g/mol. The highest BCUT2D eigenvalue weighted by atomic mass is 15.2. The molecule has 0 aliphatic heterocycles. The molecule has 1 fully saturated rings. The van der Waals surface area contributed by atoms with Gasteiger partial charge >= 0.3 is 0 Å². The van der Waals surface area contributed by atoms with E-state index in [1.165, 1.54) is 19.3 Å². The van der Waals surface area contributed by atoms with Crippen molar-refractivity contribution in [1.29, 1.82) is 5.26 Å². The van der Waals surface area contributed by atoms with E-state index in [9.17, 15) is 0 Å². The molecule has 0 radical (unpaired) electrons. The summed E-state index contributed by atoms with van der Waals surface area (Å²) in [4.78, 5) is 6.40. The van der Waals surface area contributed by atoms with Crippen LogP contribution in [0.1, 0.15) is 31.9 Å². The molecule has 2 N–H and O–H groups in total. The molecule has 1 aliphatic carbocycles. The minimum absolute atomic E-state index is 0.480. The van der Waals surface area contributed by atoms with E-state index in [2.05, 4.69) is 22.9 Å². The molecular weight excluding hydrogens is 224 g/mol. The van der Waals surface area contributed by atoms with Gasteiger partial charge in [0, 0.05) is 24.5 Å². The highest BCUT2D eigenvalue weighted by molar-refractivity contribution is 5.50. The molecule has 1 heterocycles. The lowest BCUT2D eigenvalue weighted by atomic mass is 10.0. The summed E-state index contributed by atoms with van der Waals surface area (Å²) in [5, 5.41) is 8.93. The minimum Gasteiger partial charge on any atom is -0.368 e. The zero-order valence-corrected chi connectivity index (χ0v) is 10.8. The lowest BCUT2D eigenvalue weighted by molar-refractivity contribution is 0.462. The number of hydrogen-bond acceptors (Lipinski definition) is 4. The van der Waals surface area contributed by atoms with E-state index in [1.807, 2.05) is 12.1 Å². The Morgan fingerprint density at radius 3 is 3.06 bits per heavy atom. The van der Waals surface area contributed by atoms with E-state index in [4.69, 9.17) is 11.0 Å². The van der Waals surface area contributed by atoms with Gasteiger partial charge in [-0.25, -0.2) is 4.98 Å². The molecule has 0 aromatic carbocycles. The molecule has 0 amide bonds. The smallest absolute Gasteiger partial charge is 0.142 e. The lowest BCUT2D eigenvalue weighted by Crippen LogP contribution is -2.40. The largest absolute Gasteiger partial charge is 0.368 e. The Bertz CT molecular complexity index is 438. The number of rotatable bonds is 4. The Morgan fingerprint density at radius 2 is 2.39 bits per heavy atom. The molecule has 0 bridgehead atoms. The quantitative estimate of drug-likeness (QED) is 0.878. The average Bonchev–Trinajstić information content (AvgIpc) is 2.88. The normalized spacial score (nSPS) is 22.7. The van der Waals surface area contributed by atoms with Gasteiger partial charge in [-0.2, -0.15) is 5.26 Å². The van der Waals surface area contributed by atoms with Crippen LogP contribution in [0.4, 0.5) is 5.69 Å². The molecular formula is C14H20N4. The summed E-state index contributed by atoms with van der Waals surface area (Å²) < 4.78 is 0. The number of hydrogen-bond donors (Lipinski definition) is 1. The van der Waals surface area contributed by atoms with Gasteiger partial charge in [0.05, 0.1) is 0 Å². The van der Waals surface area contributed by atoms with Crippen LogP contribution in [0.15, 0.2) is 18.3 Å². The lowest BCUT2D eigenvalue weighted by Gasteiger charge is -2.33. The second-order valence-corrected chi connectivity index (χ2v) is 4.79. The third-order valence-electron chi connectivity index (χ3n) is 3.85. The van der Waals surface area contributed by atoms with Gasteiger partial charge in [0.2, 0.25) is 0 Å². The van der Waals surface area contributed by atoms with Crippen LogP contribution < -0.4 is 10.6 Å². The number of pyridine rings is 1. The van der Waals surface area contributed by atoms with Gasteiger partial charge < -0.3 is 10.6 Å². The summed E-state index contributed by atoms with van der Waals surface area (Å²) in [6, 6.07) is 6.46. The molecule has 1 aliphatic rings. The van der Waals surface area contributed by atoms with Crippen molar-refractivity contribution in [1.82, 2.24) is 4.98 Å². The standard InChI is InChI=1S/C14H20N4/c1-2-18(14-5-3-4-11(14)9-15)13-6-7-17-12(8-13)10-16/h6-8,11,14H,2-5,9,15H2,1H3. The van der Waals surface area contributed by atoms with Crippen LogP contribution in [0.25, 0.3) is 0 Å². The van der Waals surface area contributed by atoms with Gasteiger partial charge in [-0.3, -0.25) is 0 Å². The van der Waals surface area contributed by atoms with Crippen LogP contribution in [0.5, 0.6) is 0 Å². The Hall–Kier alpha value is -1.60. The third-order valence-corrected chi connectivity index (χ3v) is 3.85. The summed E-state index contributed by atoms with van der Waals surface area (Å²) in [6.45, 7) is 3.84. The minimum atomic E-state index is 0.480. The second kappa shape index (κ2) is 5.83. The van der Waals surface area contributed by atoms with Crippen molar-refractivity contribution in [3.05, 3.63) is 24.0 Å². The molecule has 18 heavy (non-hydrogen) atoms. The maximum atomic E-state index is 8.93. The van der Waals surface area contributed by atoms with Crippen molar-refractivity contribution < 1.29 is 0 Å². The predicted octanol–water partition coefficient (Wildman–Crippen LogP) is 1.91. The van der Waals surface area contributed by atoms with Crippen LogP contribution in [-0.4, -0.2) is 24.1 Å². The number of nitrogens with two attached hydrogens (primary N) is 1. The highest BCUT2D eigenvalue weighted by Crippen LogP contribution is 2.32. The van der Waals surface area contributed by atoms with Crippen LogP contribution in [-0.2, 0) is 0 Å². The van der Waals surface area contributed by atoms with Crippen molar-refractivity contribution in [2.24, 2.45) is 11.7 Å². The first-order valence-corrected chi connectivity index (χ1v) is 6.63. The zero-order valence-electron chi connectivity index (χ0n) is 10.8. The van der Waals surface area contributed by atoms with Gasteiger partial charge in [0.15, 0.2) is 0 Å². The number of anilines is 1. The fourth-order valence-electron chi connectivity index (χ4n) is 2.97. The van der Waals surface area contributed by atoms with Crippen molar-refractivity contribution in [3.63, 3.8) is 0 Å². The number of aromatic nitrogens is 1. The number of nitriles is 1. The van der Waals surface area contributed by atoms with Crippen molar-refractivity contribution in [2.75, 3.05) is 18.0 Å². The maximum Gasteiger partial charge on any atom is 0.142 e. The van der Waals surface area contributed by atoms with Gasteiger partial charge in [0.1, 0.15) is 11.8 Å². The Balaban J connectivity index is 2.24. The van der Waals surface area contributed by atoms with Crippen molar-refractivity contribution in [2.45, 2.75) is 32.2 Å². The Labute approximate surface area is 108 Å². The molecule has 4 heteroatoms. The average molecular weight is 244 g/mol. The van der Waals surface area contributed by atoms with Gasteiger partial charge in [0.25, 0.3) is 0 Å². The first kappa shape index (κ1) is 12.8. The first-order valence-electron chi connectivity index (χ1n) is 6.63. The van der Waals surface area contributed by atoms with Crippen molar-refractivity contribution >= 4 is 5.69 Å². The molecule has 1 aromatic rings. The molecule has 96 valence electrons. The van der Waals surface area contributed by atoms with E-state index in [0.29, 0.717) is 17.7 Å². The summed E-state index contributed by atoms with van der Waals surface area (Å²) in [5.41, 5.74) is 7.43. The van der Waals surface area contributed by atoms with E-state index >= 15 is 0 Å². The molecule has 4 nitrogen and oxygen atoms in total. The summed E-state index contributed by atoms with van der Waals surface area (Å²) >= 11 is 0. The van der Waals surface area contributed by atoms with Gasteiger partial charge in [-0.15, -0.1) is 0 Å². The zero-order chi connectivity index (χ0) is 13.0. The molecule has 1 saturated carbocycles. The van der Waals surface area contributed by atoms with Crippen LogP contribution in [0.2, 0.25) is 0 Å². The van der Waals surface area contributed by atoms with Gasteiger partial charge in [-0.1, -0.05) is 6.42 Å². The number of nitrogens with zero attached hydrogens (tertiary/aromatic N) is 3. The van der Waals surface area contributed by atoms with Crippen LogP contribution in [0, 0.1) is 17.2 Å². The molecule has 2 rings (SSSR count). The fourth-order valence-corrected chi connectivity index (χ4v) is 2.97. The highest BCUT2D eigenvalue weighted by Gasteiger charge is 2.30. The maximum absolute atomic E-state index is 8.93. The molecule has 0 saturated heterocycles. The molecule has 0 spiro atoms.